The average Bonchev–Trinajstić information content (AvgIpc) is 2.51. The fraction of sp³-hybridized carbons (Fsp3) is 0.154. The number of carbonyl (C=O) groups excluding carboxylic acids is 1. The smallest absolute Gasteiger partial charge is 0.342 e. The molecule has 1 aromatic heterocycles. The summed E-state index contributed by atoms with van der Waals surface area (Å²) in [4.78, 5) is 36.1. The molecular formula is C13H13ClN6O3. The molecule has 0 saturated heterocycles. The number of H-pyrrole nitrogens is 2. The number of hydrogen-bond donors (Lipinski definition) is 4. The molecule has 0 unspecified atom stereocenters. The lowest BCUT2D eigenvalue weighted by atomic mass is 10.2. The van der Waals surface area contributed by atoms with Crippen LogP contribution in [0.2, 0.25) is 5.02 Å². The Morgan fingerprint density at radius 3 is 2.70 bits per heavy atom. The SMILES string of the molecule is C[C@@H](Nc1n[nH]c(=O)[nH]c1=O)C(=O)N/N=C\c1ccc(Cl)cc1. The number of nitrogens with zero attached hydrogens (tertiary/aromatic N) is 2. The van der Waals surface area contributed by atoms with Gasteiger partial charge in [0.25, 0.3) is 11.5 Å². The van der Waals surface area contributed by atoms with E-state index in [1.807, 2.05) is 4.98 Å². The summed E-state index contributed by atoms with van der Waals surface area (Å²) in [5.74, 6) is -0.656. The molecule has 0 saturated carbocycles. The van der Waals surface area contributed by atoms with Gasteiger partial charge in [0.15, 0.2) is 0 Å². The maximum Gasteiger partial charge on any atom is 0.342 e. The zero-order valence-electron chi connectivity index (χ0n) is 12.0. The molecule has 10 heteroatoms. The topological polar surface area (TPSA) is 132 Å². The lowest BCUT2D eigenvalue weighted by Crippen LogP contribution is -2.38. The summed E-state index contributed by atoms with van der Waals surface area (Å²) >= 11 is 5.76. The molecule has 0 aliphatic carbocycles. The first-order valence-electron chi connectivity index (χ1n) is 6.50. The van der Waals surface area contributed by atoms with Gasteiger partial charge in [0.05, 0.1) is 6.21 Å². The molecule has 9 nitrogen and oxygen atoms in total. The van der Waals surface area contributed by atoms with Crippen molar-refractivity contribution in [2.24, 2.45) is 5.10 Å². The van der Waals surface area contributed by atoms with Crippen LogP contribution in [-0.2, 0) is 4.79 Å². The molecule has 0 bridgehead atoms. The number of rotatable bonds is 5. The minimum atomic E-state index is -0.795. The third-order valence-corrected chi connectivity index (χ3v) is 2.97. The van der Waals surface area contributed by atoms with Crippen molar-refractivity contribution in [1.82, 2.24) is 20.6 Å². The number of carbonyl (C=O) groups is 1. The first kappa shape index (κ1) is 16.4. The highest BCUT2D eigenvalue weighted by Crippen LogP contribution is 2.07. The molecule has 0 aliphatic heterocycles. The summed E-state index contributed by atoms with van der Waals surface area (Å²) in [5.41, 5.74) is 1.62. The molecule has 0 radical (unpaired) electrons. The molecule has 120 valence electrons. The van der Waals surface area contributed by atoms with E-state index in [4.69, 9.17) is 11.6 Å². The Labute approximate surface area is 134 Å². The summed E-state index contributed by atoms with van der Waals surface area (Å²) in [6.07, 6.45) is 1.45. The summed E-state index contributed by atoms with van der Waals surface area (Å²) in [6, 6.07) is 6.08. The number of benzene rings is 1. The Balaban J connectivity index is 1.93. The van der Waals surface area contributed by atoms with Crippen molar-refractivity contribution in [3.8, 4) is 0 Å². The van der Waals surface area contributed by atoms with Crippen LogP contribution >= 0.6 is 11.6 Å². The van der Waals surface area contributed by atoms with Gasteiger partial charge in [-0.05, 0) is 24.6 Å². The van der Waals surface area contributed by atoms with E-state index in [1.165, 1.54) is 13.1 Å². The summed E-state index contributed by atoms with van der Waals surface area (Å²) < 4.78 is 0. The predicted octanol–water partition coefficient (Wildman–Crippen LogP) is 0.0623. The van der Waals surface area contributed by atoms with Crippen molar-refractivity contribution >= 4 is 29.5 Å². The number of amides is 1. The molecule has 2 rings (SSSR count). The van der Waals surface area contributed by atoms with Gasteiger partial charge in [-0.1, -0.05) is 23.7 Å². The van der Waals surface area contributed by atoms with Crippen LogP contribution in [0.4, 0.5) is 5.82 Å². The Kier molecular flexibility index (Phi) is 5.26. The maximum absolute atomic E-state index is 11.8. The van der Waals surface area contributed by atoms with Gasteiger partial charge in [-0.2, -0.15) is 5.10 Å². The van der Waals surface area contributed by atoms with Crippen LogP contribution in [-0.4, -0.2) is 33.3 Å². The lowest BCUT2D eigenvalue weighted by Gasteiger charge is -2.11. The molecular weight excluding hydrogens is 324 g/mol. The fourth-order valence-electron chi connectivity index (χ4n) is 1.53. The molecule has 23 heavy (non-hydrogen) atoms. The maximum atomic E-state index is 11.8. The van der Waals surface area contributed by atoms with Gasteiger partial charge in [0.2, 0.25) is 5.82 Å². The van der Waals surface area contributed by atoms with Crippen molar-refractivity contribution < 1.29 is 4.79 Å². The second kappa shape index (κ2) is 7.36. The van der Waals surface area contributed by atoms with Crippen LogP contribution in [0, 0.1) is 0 Å². The van der Waals surface area contributed by atoms with E-state index in [1.54, 1.807) is 24.3 Å². The summed E-state index contributed by atoms with van der Waals surface area (Å²) in [7, 11) is 0. The van der Waals surface area contributed by atoms with Crippen LogP contribution in [0.3, 0.4) is 0 Å². The number of nitrogens with one attached hydrogen (secondary N) is 4. The van der Waals surface area contributed by atoms with Gasteiger partial charge < -0.3 is 5.32 Å². The largest absolute Gasteiger partial charge is 0.353 e. The van der Waals surface area contributed by atoms with Crippen LogP contribution < -0.4 is 22.0 Å². The number of hydrogen-bond acceptors (Lipinski definition) is 6. The van der Waals surface area contributed by atoms with Crippen LogP contribution in [0.5, 0.6) is 0 Å². The van der Waals surface area contributed by atoms with E-state index in [9.17, 15) is 14.4 Å². The van der Waals surface area contributed by atoms with Gasteiger partial charge in [-0.15, -0.1) is 5.10 Å². The molecule has 1 aromatic carbocycles. The minimum absolute atomic E-state index is 0.172. The monoisotopic (exact) mass is 336 g/mol. The fourth-order valence-corrected chi connectivity index (χ4v) is 1.66. The van der Waals surface area contributed by atoms with Crippen molar-refractivity contribution in [3.63, 3.8) is 0 Å². The van der Waals surface area contributed by atoms with Gasteiger partial charge in [-0.25, -0.2) is 15.3 Å². The zero-order valence-corrected chi connectivity index (χ0v) is 12.7. The predicted molar refractivity (Wildman–Crippen MR) is 85.8 cm³/mol. The van der Waals surface area contributed by atoms with Crippen molar-refractivity contribution in [2.45, 2.75) is 13.0 Å². The van der Waals surface area contributed by atoms with Gasteiger partial charge in [0.1, 0.15) is 6.04 Å². The molecule has 0 aliphatic rings. The van der Waals surface area contributed by atoms with Crippen molar-refractivity contribution in [1.29, 1.82) is 0 Å². The standard InChI is InChI=1S/C13H13ClN6O3/c1-7(16-10-12(22)17-13(23)20-18-10)11(21)19-15-6-8-2-4-9(14)5-3-8/h2-7H,1H3,(H,16,18)(H,19,21)(H2,17,20,22,23)/b15-6-/t7-/m1/s1. The number of anilines is 1. The second-order valence-electron chi connectivity index (χ2n) is 4.51. The summed E-state index contributed by atoms with van der Waals surface area (Å²) in [6.45, 7) is 1.51. The normalized spacial score (nSPS) is 12.1. The quantitative estimate of drug-likeness (QED) is 0.453. The van der Waals surface area contributed by atoms with E-state index < -0.39 is 23.2 Å². The third-order valence-electron chi connectivity index (χ3n) is 2.72. The molecule has 1 amide bonds. The van der Waals surface area contributed by atoms with Crippen molar-refractivity contribution in [2.75, 3.05) is 5.32 Å². The van der Waals surface area contributed by atoms with Crippen LogP contribution in [0.25, 0.3) is 0 Å². The number of aromatic nitrogens is 3. The molecule has 0 spiro atoms. The third kappa shape index (κ3) is 4.78. The first-order valence-corrected chi connectivity index (χ1v) is 6.87. The Bertz CT molecular complexity index is 827. The van der Waals surface area contributed by atoms with Crippen LogP contribution in [0.15, 0.2) is 39.0 Å². The number of aromatic amines is 2. The molecule has 2 aromatic rings. The van der Waals surface area contributed by atoms with Crippen LogP contribution in [0.1, 0.15) is 12.5 Å². The van der Waals surface area contributed by atoms with Crippen molar-refractivity contribution in [3.05, 3.63) is 55.7 Å². The highest BCUT2D eigenvalue weighted by Gasteiger charge is 2.14. The van der Waals surface area contributed by atoms with E-state index in [2.05, 4.69) is 26.0 Å². The molecule has 0 fully saturated rings. The summed E-state index contributed by atoms with van der Waals surface area (Å²) in [5, 5.41) is 12.5. The van der Waals surface area contributed by atoms with E-state index in [-0.39, 0.29) is 5.82 Å². The first-order chi connectivity index (χ1) is 11.0. The van der Waals surface area contributed by atoms with E-state index >= 15 is 0 Å². The molecule has 1 heterocycles. The Morgan fingerprint density at radius 2 is 2.04 bits per heavy atom. The highest BCUT2D eigenvalue weighted by molar-refractivity contribution is 6.30. The van der Waals surface area contributed by atoms with E-state index in [0.29, 0.717) is 5.02 Å². The Hall–Kier alpha value is -2.94. The molecule has 1 atom stereocenters. The van der Waals surface area contributed by atoms with Gasteiger partial charge in [-0.3, -0.25) is 14.6 Å². The Morgan fingerprint density at radius 1 is 1.35 bits per heavy atom. The zero-order chi connectivity index (χ0) is 16.8. The average molecular weight is 337 g/mol. The highest BCUT2D eigenvalue weighted by atomic mass is 35.5. The molecule has 4 N–H and O–H groups in total. The lowest BCUT2D eigenvalue weighted by molar-refractivity contribution is -0.121. The van der Waals surface area contributed by atoms with Gasteiger partial charge in [0, 0.05) is 5.02 Å². The number of halogens is 1. The second-order valence-corrected chi connectivity index (χ2v) is 4.94. The van der Waals surface area contributed by atoms with Gasteiger partial charge >= 0.3 is 5.69 Å². The van der Waals surface area contributed by atoms with E-state index in [0.717, 1.165) is 5.56 Å². The minimum Gasteiger partial charge on any atom is -0.353 e. The number of hydrazone groups is 1.